The number of carbonyl (C=O) groups excluding carboxylic acids is 1. The molecule has 4 nitrogen and oxygen atoms in total. The Kier molecular flexibility index (Phi) is 8.27. The SMILES string of the molecule is CC(OCCOC(=O)c1ccccc1)Oc1cccc(C(C(C)C)C(C)(C)C)c1. The minimum atomic E-state index is -0.437. The third-order valence-corrected chi connectivity index (χ3v) is 4.80. The average Bonchev–Trinajstić information content (AvgIpc) is 2.64. The molecule has 0 aliphatic carbocycles. The molecular weight excluding hydrogens is 364 g/mol. The first-order valence-corrected chi connectivity index (χ1v) is 10.3. The van der Waals surface area contributed by atoms with Crippen LogP contribution in [-0.2, 0) is 9.47 Å². The Balaban J connectivity index is 1.84. The maximum absolute atomic E-state index is 11.9. The molecule has 2 unspecified atom stereocenters. The number of hydrogen-bond donors (Lipinski definition) is 0. The fourth-order valence-electron chi connectivity index (χ4n) is 3.90. The minimum Gasteiger partial charge on any atom is -0.465 e. The molecule has 0 bridgehead atoms. The average molecular weight is 399 g/mol. The molecule has 0 amide bonds. The lowest BCUT2D eigenvalue weighted by Gasteiger charge is -2.34. The summed E-state index contributed by atoms with van der Waals surface area (Å²) in [5.41, 5.74) is 1.97. The lowest BCUT2D eigenvalue weighted by Crippen LogP contribution is -2.23. The van der Waals surface area contributed by atoms with Crippen molar-refractivity contribution in [2.24, 2.45) is 11.3 Å². The van der Waals surface area contributed by atoms with Gasteiger partial charge in [0.05, 0.1) is 12.2 Å². The van der Waals surface area contributed by atoms with Gasteiger partial charge in [-0.15, -0.1) is 0 Å². The number of esters is 1. The van der Waals surface area contributed by atoms with E-state index in [4.69, 9.17) is 14.2 Å². The van der Waals surface area contributed by atoms with Gasteiger partial charge in [-0.25, -0.2) is 4.79 Å². The third kappa shape index (κ3) is 7.21. The summed E-state index contributed by atoms with van der Waals surface area (Å²) in [7, 11) is 0. The van der Waals surface area contributed by atoms with Crippen LogP contribution in [0.2, 0.25) is 0 Å². The second-order valence-electron chi connectivity index (χ2n) is 8.72. The summed E-state index contributed by atoms with van der Waals surface area (Å²) in [6.45, 7) is 13.6. The van der Waals surface area contributed by atoms with Crippen LogP contribution in [0.25, 0.3) is 0 Å². The number of benzene rings is 2. The van der Waals surface area contributed by atoms with E-state index in [2.05, 4.69) is 46.8 Å². The van der Waals surface area contributed by atoms with Crippen LogP contribution in [0.15, 0.2) is 54.6 Å². The van der Waals surface area contributed by atoms with Gasteiger partial charge in [0.25, 0.3) is 0 Å². The molecule has 0 aromatic heterocycles. The van der Waals surface area contributed by atoms with Crippen LogP contribution in [0.1, 0.15) is 63.4 Å². The zero-order valence-electron chi connectivity index (χ0n) is 18.5. The normalized spacial score (nSPS) is 13.8. The molecule has 29 heavy (non-hydrogen) atoms. The predicted molar refractivity (Wildman–Crippen MR) is 116 cm³/mol. The zero-order valence-corrected chi connectivity index (χ0v) is 18.5. The molecule has 4 heteroatoms. The van der Waals surface area contributed by atoms with Crippen molar-refractivity contribution >= 4 is 5.97 Å². The van der Waals surface area contributed by atoms with E-state index < -0.39 is 6.29 Å². The Morgan fingerprint density at radius 1 is 0.931 bits per heavy atom. The van der Waals surface area contributed by atoms with Gasteiger partial charge < -0.3 is 14.2 Å². The van der Waals surface area contributed by atoms with E-state index in [9.17, 15) is 4.79 Å². The maximum Gasteiger partial charge on any atom is 0.338 e. The summed E-state index contributed by atoms with van der Waals surface area (Å²) in [6, 6.07) is 17.2. The van der Waals surface area contributed by atoms with Crippen LogP contribution in [0.5, 0.6) is 5.75 Å². The highest BCUT2D eigenvalue weighted by atomic mass is 16.7. The van der Waals surface area contributed by atoms with E-state index in [0.717, 1.165) is 5.75 Å². The first-order chi connectivity index (χ1) is 13.7. The van der Waals surface area contributed by atoms with Crippen molar-refractivity contribution in [1.29, 1.82) is 0 Å². The van der Waals surface area contributed by atoms with Crippen LogP contribution in [0, 0.1) is 11.3 Å². The first-order valence-electron chi connectivity index (χ1n) is 10.3. The van der Waals surface area contributed by atoms with E-state index >= 15 is 0 Å². The number of carbonyl (C=O) groups is 1. The molecule has 2 atom stereocenters. The fraction of sp³-hybridized carbons (Fsp3) is 0.480. The lowest BCUT2D eigenvalue weighted by atomic mass is 9.70. The summed E-state index contributed by atoms with van der Waals surface area (Å²) >= 11 is 0. The molecule has 158 valence electrons. The minimum absolute atomic E-state index is 0.164. The topological polar surface area (TPSA) is 44.8 Å². The van der Waals surface area contributed by atoms with Crippen molar-refractivity contribution in [3.05, 3.63) is 65.7 Å². The van der Waals surface area contributed by atoms with Crippen LogP contribution < -0.4 is 4.74 Å². The van der Waals surface area contributed by atoms with Crippen LogP contribution in [0.4, 0.5) is 0 Å². The van der Waals surface area contributed by atoms with Gasteiger partial charge in [0.1, 0.15) is 12.4 Å². The second-order valence-corrected chi connectivity index (χ2v) is 8.72. The summed E-state index contributed by atoms with van der Waals surface area (Å²) in [4.78, 5) is 11.9. The van der Waals surface area contributed by atoms with Crippen molar-refractivity contribution in [3.63, 3.8) is 0 Å². The molecule has 0 heterocycles. The largest absolute Gasteiger partial charge is 0.465 e. The fourth-order valence-corrected chi connectivity index (χ4v) is 3.90. The molecule has 0 aliphatic heterocycles. The van der Waals surface area contributed by atoms with Gasteiger partial charge in [0.2, 0.25) is 0 Å². The molecular formula is C25H34O4. The zero-order chi connectivity index (χ0) is 21.4. The number of hydrogen-bond acceptors (Lipinski definition) is 4. The van der Waals surface area contributed by atoms with Crippen LogP contribution in [-0.4, -0.2) is 25.5 Å². The van der Waals surface area contributed by atoms with Crippen LogP contribution >= 0.6 is 0 Å². The molecule has 0 fully saturated rings. The van der Waals surface area contributed by atoms with Gasteiger partial charge in [-0.1, -0.05) is 65.0 Å². The van der Waals surface area contributed by atoms with Crippen molar-refractivity contribution in [2.45, 2.75) is 53.8 Å². The van der Waals surface area contributed by atoms with E-state index in [0.29, 0.717) is 17.4 Å². The Morgan fingerprint density at radius 2 is 1.62 bits per heavy atom. The van der Waals surface area contributed by atoms with Crippen molar-refractivity contribution in [1.82, 2.24) is 0 Å². The highest BCUT2D eigenvalue weighted by Gasteiger charge is 2.29. The molecule has 2 aromatic rings. The highest BCUT2D eigenvalue weighted by Crippen LogP contribution is 2.41. The quantitative estimate of drug-likeness (QED) is 0.292. The third-order valence-electron chi connectivity index (χ3n) is 4.80. The number of rotatable bonds is 9. The lowest BCUT2D eigenvalue weighted by molar-refractivity contribution is -0.0784. The molecule has 0 saturated carbocycles. The smallest absolute Gasteiger partial charge is 0.338 e. The van der Waals surface area contributed by atoms with Gasteiger partial charge in [-0.3, -0.25) is 0 Å². The van der Waals surface area contributed by atoms with E-state index in [1.807, 2.05) is 25.1 Å². The summed E-state index contributed by atoms with van der Waals surface area (Å²) in [5.74, 6) is 1.39. The Labute approximate surface area is 175 Å². The number of ether oxygens (including phenoxy) is 3. The summed E-state index contributed by atoms with van der Waals surface area (Å²) in [5, 5.41) is 0. The van der Waals surface area contributed by atoms with Crippen molar-refractivity contribution < 1.29 is 19.0 Å². The molecule has 2 aromatic carbocycles. The van der Waals surface area contributed by atoms with Crippen LogP contribution in [0.3, 0.4) is 0 Å². The first kappa shape index (κ1) is 23.0. The molecule has 0 saturated heterocycles. The van der Waals surface area contributed by atoms with E-state index in [1.54, 1.807) is 24.3 Å². The van der Waals surface area contributed by atoms with Gasteiger partial charge in [0, 0.05) is 0 Å². The van der Waals surface area contributed by atoms with Crippen molar-refractivity contribution in [2.75, 3.05) is 13.2 Å². The Morgan fingerprint density at radius 3 is 2.24 bits per heavy atom. The predicted octanol–water partition coefficient (Wildman–Crippen LogP) is 6.07. The maximum atomic E-state index is 11.9. The molecule has 0 spiro atoms. The van der Waals surface area contributed by atoms with E-state index in [1.165, 1.54) is 5.56 Å². The van der Waals surface area contributed by atoms with Gasteiger partial charge in [0.15, 0.2) is 6.29 Å². The Bertz CT molecular complexity index is 762. The van der Waals surface area contributed by atoms with Gasteiger partial charge in [-0.2, -0.15) is 0 Å². The molecule has 0 radical (unpaired) electrons. The van der Waals surface area contributed by atoms with Crippen molar-refractivity contribution in [3.8, 4) is 5.75 Å². The summed E-state index contributed by atoms with van der Waals surface area (Å²) < 4.78 is 16.8. The van der Waals surface area contributed by atoms with Gasteiger partial charge >= 0.3 is 5.97 Å². The summed E-state index contributed by atoms with van der Waals surface area (Å²) in [6.07, 6.45) is -0.437. The molecule has 2 rings (SSSR count). The monoisotopic (exact) mass is 398 g/mol. The standard InChI is InChI=1S/C25H34O4/c1-18(2)23(25(4,5)6)21-13-10-14-22(17-21)29-19(3)27-15-16-28-24(26)20-11-8-7-9-12-20/h7-14,17-19,23H,15-16H2,1-6H3. The second kappa shape index (κ2) is 10.4. The van der Waals surface area contributed by atoms with E-state index in [-0.39, 0.29) is 24.6 Å². The molecule has 0 N–H and O–H groups in total. The Hall–Kier alpha value is -2.33. The molecule has 0 aliphatic rings. The van der Waals surface area contributed by atoms with Gasteiger partial charge in [-0.05, 0) is 54.0 Å². The highest BCUT2D eigenvalue weighted by molar-refractivity contribution is 5.89.